The number of benzene rings is 5. The van der Waals surface area contributed by atoms with Gasteiger partial charge in [0.25, 0.3) is 46.4 Å². The normalized spacial score (nSPS) is 11.6. The quantitative estimate of drug-likeness (QED) is 0.0488. The van der Waals surface area contributed by atoms with E-state index < -0.39 is 99.5 Å². The van der Waals surface area contributed by atoms with Crippen molar-refractivity contribution in [3.8, 4) is 5.75 Å². The van der Waals surface area contributed by atoms with Gasteiger partial charge in [-0.1, -0.05) is 18.2 Å². The molecular weight excluding hydrogens is 976 g/mol. The zero-order valence-corrected chi connectivity index (χ0v) is 44.8. The van der Waals surface area contributed by atoms with Gasteiger partial charge in [0.2, 0.25) is 17.2 Å². The number of hydrogen-bond acceptors (Lipinski definition) is 17. The zero-order chi connectivity index (χ0) is 43.1. The number of azo groups is 1. The minimum Gasteiger partial charge on any atom is -0.505 e. The fraction of sp³-hybridized carbons (Fsp3) is 0. The van der Waals surface area contributed by atoms with Crippen molar-refractivity contribution >= 4 is 227 Å². The Morgan fingerprint density at radius 2 is 1.13 bits per heavy atom. The summed E-state index contributed by atoms with van der Waals surface area (Å²) in [6.07, 6.45) is 0. The van der Waals surface area contributed by atoms with E-state index in [-0.39, 0.29) is 152 Å². The summed E-state index contributed by atoms with van der Waals surface area (Å²) in [6.45, 7) is 0. The number of carbonyl (C=O) groups excluding carboxylic acids is 1. The average molecular weight is 999 g/mol. The van der Waals surface area contributed by atoms with Crippen LogP contribution in [0.1, 0.15) is 10.4 Å². The molecule has 63 heavy (non-hydrogen) atoms. The molecule has 1 heterocycles. The third-order valence-electron chi connectivity index (χ3n) is 7.75. The van der Waals surface area contributed by atoms with Gasteiger partial charge in [0.05, 0.1) is 15.5 Å². The van der Waals surface area contributed by atoms with Gasteiger partial charge in [-0.05, 0) is 89.8 Å². The third kappa shape index (κ3) is 14.4. The van der Waals surface area contributed by atoms with E-state index in [9.17, 15) is 61.8 Å². The number of carbonyl (C=O) groups is 1. The van der Waals surface area contributed by atoms with Crippen molar-refractivity contribution in [2.24, 2.45) is 10.2 Å². The number of fused-ring (bicyclic) bond motifs is 1. The zero-order valence-electron chi connectivity index (χ0n) is 32.8. The van der Waals surface area contributed by atoms with Gasteiger partial charge in [0.15, 0.2) is 5.75 Å². The van der Waals surface area contributed by atoms with Crippen LogP contribution in [0, 0.1) is 0 Å². The van der Waals surface area contributed by atoms with Gasteiger partial charge >= 0.3 is 0 Å². The molecule has 8 N–H and O–H groups in total. The molecule has 310 valence electrons. The number of halogens is 1. The van der Waals surface area contributed by atoms with Crippen molar-refractivity contribution in [1.82, 2.24) is 15.0 Å². The summed E-state index contributed by atoms with van der Waals surface area (Å²) in [5.74, 6) is -2.45. The van der Waals surface area contributed by atoms with Gasteiger partial charge in [-0.15, -0.1) is 10.2 Å². The van der Waals surface area contributed by atoms with Crippen molar-refractivity contribution in [1.29, 1.82) is 0 Å². The summed E-state index contributed by atoms with van der Waals surface area (Å²) in [6, 6.07) is 17.1. The van der Waals surface area contributed by atoms with Crippen molar-refractivity contribution in [3.05, 3.63) is 102 Å². The van der Waals surface area contributed by atoms with E-state index in [1.807, 2.05) is 0 Å². The van der Waals surface area contributed by atoms with Crippen LogP contribution in [0.25, 0.3) is 10.8 Å². The molecule has 0 fully saturated rings. The number of nitrogens with zero attached hydrogens (tertiary/aromatic N) is 5. The number of aromatic hydroxyl groups is 1. The maximum atomic E-state index is 13.1. The predicted octanol–water partition coefficient (Wildman–Crippen LogP) is 4.00. The molecule has 6 aromatic rings. The molecule has 6 rings (SSSR count). The van der Waals surface area contributed by atoms with Crippen molar-refractivity contribution in [3.63, 3.8) is 0 Å². The predicted molar refractivity (Wildman–Crippen MR) is 231 cm³/mol. The van der Waals surface area contributed by atoms with Gasteiger partial charge < -0.3 is 21.1 Å². The molecule has 31 heteroatoms. The fourth-order valence-corrected chi connectivity index (χ4v) is 7.65. The number of phenolic OH excluding ortho intramolecular Hbond substituents is 1. The Kier molecular flexibility index (Phi) is 20.3. The summed E-state index contributed by atoms with van der Waals surface area (Å²) >= 11 is 6.05. The molecule has 4 radical (unpaired) electrons. The van der Waals surface area contributed by atoms with Crippen LogP contribution >= 0.6 is 11.6 Å². The van der Waals surface area contributed by atoms with Crippen LogP contribution in [-0.4, -0.2) is 196 Å². The topological polar surface area (TPSA) is 354 Å². The van der Waals surface area contributed by atoms with Gasteiger partial charge in [0.1, 0.15) is 21.2 Å². The summed E-state index contributed by atoms with van der Waals surface area (Å²) in [5, 5.41) is 25.3. The molecule has 1 amide bonds. The first kappa shape index (κ1) is 56.9. The Balaban J connectivity index is 0.00000341. The van der Waals surface area contributed by atoms with E-state index in [0.717, 1.165) is 42.5 Å². The second-order valence-electron chi connectivity index (χ2n) is 11.8. The SMILES string of the molecule is O=C(Nc1cc(S(=O)(=O)O)cc2cc(S(=O)(=O)O)c(N=Nc3cc(Nc4nc(Cl)nc(Nc5ccc(S(=O)(=O)O)cc5)n4)ccc3S(=O)(=O)O)c(O)c12)c1ccccc1.[Na].[Na].[Na].[Na]. The number of anilines is 5. The monoisotopic (exact) mass is 998 g/mol. The number of rotatable bonds is 12. The maximum absolute atomic E-state index is 13.1. The van der Waals surface area contributed by atoms with E-state index in [2.05, 4.69) is 41.1 Å². The average Bonchev–Trinajstić information content (AvgIpc) is 3.13. The molecule has 0 aliphatic rings. The Hall–Kier alpha value is -2.23. The smallest absolute Gasteiger partial charge is 0.296 e. The summed E-state index contributed by atoms with van der Waals surface area (Å²) in [4.78, 5) is 21.7. The second-order valence-corrected chi connectivity index (χ2v) is 17.7. The largest absolute Gasteiger partial charge is 0.505 e. The van der Waals surface area contributed by atoms with Crippen LogP contribution < -0.4 is 16.0 Å². The van der Waals surface area contributed by atoms with Crippen LogP contribution in [0.5, 0.6) is 5.75 Å². The van der Waals surface area contributed by atoms with E-state index >= 15 is 0 Å². The summed E-state index contributed by atoms with van der Waals surface area (Å²) in [7, 11) is -20.0. The van der Waals surface area contributed by atoms with E-state index in [1.54, 1.807) is 6.07 Å². The van der Waals surface area contributed by atoms with Gasteiger partial charge in [-0.2, -0.15) is 48.6 Å². The van der Waals surface area contributed by atoms with Crippen LogP contribution in [0.15, 0.2) is 121 Å². The van der Waals surface area contributed by atoms with Crippen molar-refractivity contribution in [2.75, 3.05) is 16.0 Å². The third-order valence-corrected chi connectivity index (χ3v) is 11.4. The second kappa shape index (κ2) is 22.5. The molecule has 0 saturated carbocycles. The number of amides is 1. The van der Waals surface area contributed by atoms with Crippen LogP contribution in [-0.2, 0) is 40.5 Å². The molecule has 0 spiro atoms. The van der Waals surface area contributed by atoms with Gasteiger partial charge in [0, 0.05) is 141 Å². The molecular formula is C32H23ClN8Na4O14S4. The standard InChI is InChI=1S/C32H23ClN8O14S4.4Na/c33-30-37-31(34-18-6-9-20(10-7-18)56(44,45)46)39-32(38-30)35-19-8-11-24(58(50,51)52)22(14-19)40-41-27-25(59(53,54)55)13-17-12-21(57(47,48)49)15-23(26(17)28(27)42)36-29(43)16-4-2-1-3-5-16;;;;/h1-15,42H,(H,36,43)(H,44,45,46)(H,47,48,49)(H,50,51,52)(H,53,54,55)(H2,34,35,37,38,39);;;;. The molecule has 1 aromatic heterocycles. The van der Waals surface area contributed by atoms with E-state index in [4.69, 9.17) is 11.6 Å². The molecule has 0 aliphatic carbocycles. The van der Waals surface area contributed by atoms with Crippen molar-refractivity contribution < 1.29 is 61.8 Å². The fourth-order valence-electron chi connectivity index (χ4n) is 5.21. The Morgan fingerprint density at radius 3 is 1.67 bits per heavy atom. The molecule has 0 bridgehead atoms. The van der Waals surface area contributed by atoms with Gasteiger partial charge in [-0.25, -0.2) is 0 Å². The van der Waals surface area contributed by atoms with E-state index in [0.29, 0.717) is 6.07 Å². The maximum Gasteiger partial charge on any atom is 0.296 e. The first-order valence-corrected chi connectivity index (χ1v) is 21.8. The number of nitrogens with one attached hydrogen (secondary N) is 3. The van der Waals surface area contributed by atoms with E-state index in [1.165, 1.54) is 36.4 Å². The summed E-state index contributed by atoms with van der Waals surface area (Å²) < 4.78 is 136. The molecule has 0 aliphatic heterocycles. The molecule has 22 nitrogen and oxygen atoms in total. The number of hydrogen-bond donors (Lipinski definition) is 8. The van der Waals surface area contributed by atoms with Crippen LogP contribution in [0.4, 0.5) is 40.3 Å². The number of aromatic nitrogens is 3. The Labute approximate surface area is 451 Å². The number of phenols is 1. The first-order valence-electron chi connectivity index (χ1n) is 15.7. The molecule has 0 unspecified atom stereocenters. The Morgan fingerprint density at radius 1 is 0.587 bits per heavy atom. The molecule has 0 saturated heterocycles. The first-order chi connectivity index (χ1) is 27.5. The summed E-state index contributed by atoms with van der Waals surface area (Å²) in [5.41, 5.74) is -2.04. The minimum atomic E-state index is -5.38. The molecule has 0 atom stereocenters. The Bertz CT molecular complexity index is 3200. The van der Waals surface area contributed by atoms with Gasteiger partial charge in [-0.3, -0.25) is 23.0 Å². The van der Waals surface area contributed by atoms with Crippen LogP contribution in [0.2, 0.25) is 5.28 Å². The molecule has 5 aromatic carbocycles. The minimum absolute atomic E-state index is 0. The van der Waals surface area contributed by atoms with Crippen LogP contribution in [0.3, 0.4) is 0 Å². The van der Waals surface area contributed by atoms with Crippen molar-refractivity contribution in [2.45, 2.75) is 19.6 Å².